The Morgan fingerprint density at radius 1 is 0.923 bits per heavy atom. The van der Waals surface area contributed by atoms with Gasteiger partial charge in [0.15, 0.2) is 0 Å². The number of quaternary nitrogens is 1. The summed E-state index contributed by atoms with van der Waals surface area (Å²) in [7, 11) is 2.46. The molecule has 2 aliphatic heterocycles. The lowest BCUT2D eigenvalue weighted by Gasteiger charge is -2.44. The van der Waals surface area contributed by atoms with E-state index >= 15 is 0 Å². The molecule has 1 fully saturated rings. The Morgan fingerprint density at radius 2 is 1.69 bits per heavy atom. The summed E-state index contributed by atoms with van der Waals surface area (Å²) in [4.78, 5) is 2.89. The van der Waals surface area contributed by atoms with Crippen LogP contribution in [0.2, 0.25) is 0 Å². The van der Waals surface area contributed by atoms with E-state index in [-0.39, 0.29) is 0 Å². The summed E-state index contributed by atoms with van der Waals surface area (Å²) in [5.41, 5.74) is 3.04. The van der Waals surface area contributed by atoms with Gasteiger partial charge >= 0.3 is 0 Å². The Morgan fingerprint density at radius 3 is 2.58 bits per heavy atom. The zero-order valence-corrected chi connectivity index (χ0v) is 16.1. The smallest absolute Gasteiger partial charge is 0.120 e. The minimum absolute atomic E-state index is 0.521. The number of likely N-dealkylation sites (N-methyl/N-ethyl adjacent to an activating group) is 1. The third kappa shape index (κ3) is 2.66. The number of nitrogens with one attached hydrogen (secondary N) is 1. The summed E-state index contributed by atoms with van der Waals surface area (Å²) in [6.07, 6.45) is 1.13. The molecule has 1 unspecified atom stereocenters. The Balaban J connectivity index is 1.75. The molecule has 1 saturated heterocycles. The zero-order valence-electron chi connectivity index (χ0n) is 15.2. The largest absolute Gasteiger partial charge is 0.317 e. The van der Waals surface area contributed by atoms with Crippen LogP contribution in [0.15, 0.2) is 70.5 Å². The van der Waals surface area contributed by atoms with Crippen LogP contribution in [0.25, 0.3) is 10.8 Å². The fourth-order valence-electron chi connectivity index (χ4n) is 4.61. The molecule has 0 bridgehead atoms. The molecule has 2 aliphatic rings. The molecule has 0 saturated carbocycles. The van der Waals surface area contributed by atoms with Gasteiger partial charge in [-0.25, -0.2) is 0 Å². The second kappa shape index (κ2) is 6.41. The van der Waals surface area contributed by atoms with Gasteiger partial charge in [-0.1, -0.05) is 66.4 Å². The minimum Gasteiger partial charge on any atom is -0.317 e. The quantitative estimate of drug-likeness (QED) is 0.634. The molecule has 3 aromatic carbocycles. The van der Waals surface area contributed by atoms with Gasteiger partial charge in [0, 0.05) is 34.9 Å². The molecule has 2 heterocycles. The number of benzene rings is 3. The van der Waals surface area contributed by atoms with Gasteiger partial charge in [0.2, 0.25) is 0 Å². The van der Waals surface area contributed by atoms with Crippen molar-refractivity contribution in [3.05, 3.63) is 71.8 Å². The van der Waals surface area contributed by atoms with Crippen molar-refractivity contribution in [2.45, 2.75) is 22.3 Å². The van der Waals surface area contributed by atoms with Crippen LogP contribution < -0.4 is 5.32 Å². The van der Waals surface area contributed by atoms with E-state index in [9.17, 15) is 0 Å². The highest BCUT2D eigenvalue weighted by atomic mass is 32.2. The Hall–Kier alpha value is -1.81. The maximum Gasteiger partial charge on any atom is 0.120 e. The van der Waals surface area contributed by atoms with Gasteiger partial charge in [-0.2, -0.15) is 0 Å². The molecule has 0 amide bonds. The van der Waals surface area contributed by atoms with Crippen molar-refractivity contribution < 1.29 is 4.48 Å². The van der Waals surface area contributed by atoms with E-state index in [1.807, 2.05) is 11.8 Å². The van der Waals surface area contributed by atoms with Crippen LogP contribution in [-0.4, -0.2) is 37.7 Å². The van der Waals surface area contributed by atoms with E-state index < -0.39 is 0 Å². The monoisotopic (exact) mass is 361 g/mol. The molecule has 2 nitrogen and oxygen atoms in total. The standard InChI is InChI=1S/C23H25N2S/c1-25(14-12-24-13-15-25)21-16-18-7-3-5-9-22(18)26-23-19-8-4-2-6-17(19)10-11-20(21)23/h2-11,21,24H,12-16H2,1H3/q+1. The van der Waals surface area contributed by atoms with Crippen LogP contribution in [0.1, 0.15) is 17.2 Å². The van der Waals surface area contributed by atoms with Gasteiger partial charge in [0.05, 0.1) is 20.1 Å². The summed E-state index contributed by atoms with van der Waals surface area (Å²) in [6, 6.07) is 23.1. The fraction of sp³-hybridized carbons (Fsp3) is 0.304. The van der Waals surface area contributed by atoms with Crippen molar-refractivity contribution >= 4 is 22.5 Å². The predicted octanol–water partition coefficient (Wildman–Crippen LogP) is 4.64. The fourth-order valence-corrected chi connectivity index (χ4v) is 5.88. The average molecular weight is 362 g/mol. The lowest BCUT2D eigenvalue weighted by molar-refractivity contribution is -0.941. The van der Waals surface area contributed by atoms with Crippen molar-refractivity contribution in [2.24, 2.45) is 0 Å². The SMILES string of the molecule is C[N+]1(C2Cc3ccccc3Sc3c2ccc2ccccc32)CCNCC1. The van der Waals surface area contributed by atoms with Crippen LogP contribution >= 0.6 is 11.8 Å². The van der Waals surface area contributed by atoms with Crippen molar-refractivity contribution in [1.29, 1.82) is 0 Å². The Kier molecular flexibility index (Phi) is 4.04. The molecule has 132 valence electrons. The predicted molar refractivity (Wildman–Crippen MR) is 110 cm³/mol. The van der Waals surface area contributed by atoms with Crippen molar-refractivity contribution in [3.8, 4) is 0 Å². The second-order valence-electron chi connectivity index (χ2n) is 7.81. The maximum absolute atomic E-state index is 3.55. The first-order valence-electron chi connectivity index (χ1n) is 9.57. The van der Waals surface area contributed by atoms with Gasteiger partial charge in [-0.05, 0) is 22.4 Å². The minimum atomic E-state index is 0.521. The number of piperazine rings is 1. The van der Waals surface area contributed by atoms with Crippen molar-refractivity contribution in [1.82, 2.24) is 5.32 Å². The molecule has 0 aliphatic carbocycles. The van der Waals surface area contributed by atoms with Gasteiger partial charge in [-0.3, -0.25) is 0 Å². The van der Waals surface area contributed by atoms with E-state index in [4.69, 9.17) is 0 Å². The van der Waals surface area contributed by atoms with Crippen LogP contribution in [0.5, 0.6) is 0 Å². The summed E-state index contributed by atoms with van der Waals surface area (Å²) in [6.45, 7) is 4.63. The molecule has 3 heteroatoms. The zero-order chi connectivity index (χ0) is 17.6. The van der Waals surface area contributed by atoms with Gasteiger partial charge < -0.3 is 9.80 Å². The number of hydrogen-bond donors (Lipinski definition) is 1. The first kappa shape index (κ1) is 16.4. The van der Waals surface area contributed by atoms with E-state index in [2.05, 4.69) is 73.0 Å². The number of rotatable bonds is 1. The van der Waals surface area contributed by atoms with Crippen LogP contribution in [0, 0.1) is 0 Å². The van der Waals surface area contributed by atoms with Crippen LogP contribution in [0.4, 0.5) is 0 Å². The number of hydrogen-bond acceptors (Lipinski definition) is 2. The van der Waals surface area contributed by atoms with Crippen molar-refractivity contribution in [2.75, 3.05) is 33.2 Å². The second-order valence-corrected chi connectivity index (χ2v) is 8.86. The lowest BCUT2D eigenvalue weighted by atomic mass is 9.93. The Labute approximate surface area is 159 Å². The summed E-state index contributed by atoms with van der Waals surface area (Å²) in [5.74, 6) is 0. The molecule has 0 radical (unpaired) electrons. The first-order chi connectivity index (χ1) is 12.7. The summed E-state index contributed by atoms with van der Waals surface area (Å²) in [5, 5.41) is 6.29. The maximum atomic E-state index is 3.55. The molecule has 0 aromatic heterocycles. The first-order valence-corrected chi connectivity index (χ1v) is 10.4. The molecular weight excluding hydrogens is 336 g/mol. The normalized spacial score (nSPS) is 21.7. The summed E-state index contributed by atoms with van der Waals surface area (Å²) < 4.78 is 1.13. The van der Waals surface area contributed by atoms with Crippen molar-refractivity contribution in [3.63, 3.8) is 0 Å². The highest BCUT2D eigenvalue weighted by Gasteiger charge is 2.39. The molecule has 1 atom stereocenters. The van der Waals surface area contributed by atoms with E-state index in [0.717, 1.165) is 24.0 Å². The van der Waals surface area contributed by atoms with Crippen LogP contribution in [-0.2, 0) is 6.42 Å². The molecular formula is C23H25N2S+. The summed E-state index contributed by atoms with van der Waals surface area (Å²) >= 11 is 1.97. The number of fused-ring (bicyclic) bond motifs is 4. The topological polar surface area (TPSA) is 12.0 Å². The van der Waals surface area contributed by atoms with Gasteiger partial charge in [0.25, 0.3) is 0 Å². The third-order valence-corrected chi connectivity index (χ3v) is 7.50. The Bertz CT molecular complexity index is 959. The van der Waals surface area contributed by atoms with Crippen LogP contribution in [0.3, 0.4) is 0 Å². The highest BCUT2D eigenvalue weighted by Crippen LogP contribution is 2.47. The lowest BCUT2D eigenvalue weighted by Crippen LogP contribution is -2.58. The van der Waals surface area contributed by atoms with Gasteiger partial charge in [0.1, 0.15) is 6.04 Å². The third-order valence-electron chi connectivity index (χ3n) is 6.22. The molecule has 0 spiro atoms. The van der Waals surface area contributed by atoms with Gasteiger partial charge in [-0.15, -0.1) is 0 Å². The average Bonchev–Trinajstić information content (AvgIpc) is 2.86. The molecule has 3 aromatic rings. The molecule has 1 N–H and O–H groups in total. The highest BCUT2D eigenvalue weighted by molar-refractivity contribution is 7.99. The van der Waals surface area contributed by atoms with E-state index in [1.54, 1.807) is 0 Å². The van der Waals surface area contributed by atoms with E-state index in [0.29, 0.717) is 6.04 Å². The molecule has 26 heavy (non-hydrogen) atoms. The van der Waals surface area contributed by atoms with E-state index in [1.165, 1.54) is 44.8 Å². The number of nitrogens with zero attached hydrogens (tertiary/aromatic N) is 1. The molecule has 5 rings (SSSR count).